The van der Waals surface area contributed by atoms with E-state index in [1.165, 1.54) is 17.5 Å². The number of rotatable bonds is 3. The Morgan fingerprint density at radius 2 is 2.00 bits per heavy atom. The van der Waals surface area contributed by atoms with Crippen molar-refractivity contribution in [2.45, 2.75) is 18.4 Å². The molecule has 0 unspecified atom stereocenters. The van der Waals surface area contributed by atoms with Gasteiger partial charge in [-0.1, -0.05) is 36.4 Å². The van der Waals surface area contributed by atoms with Crippen LogP contribution in [0.1, 0.15) is 22.7 Å². The summed E-state index contributed by atoms with van der Waals surface area (Å²) in [6, 6.07) is 10.2. The van der Waals surface area contributed by atoms with E-state index in [4.69, 9.17) is 5.73 Å². The van der Waals surface area contributed by atoms with Crippen molar-refractivity contribution in [3.63, 3.8) is 0 Å². The summed E-state index contributed by atoms with van der Waals surface area (Å²) in [4.78, 5) is 10.7. The van der Waals surface area contributed by atoms with Crippen LogP contribution in [0.2, 0.25) is 0 Å². The molecule has 1 aromatic carbocycles. The molecule has 1 fully saturated rings. The molecule has 0 bridgehead atoms. The first-order valence-electron chi connectivity index (χ1n) is 7.96. The van der Waals surface area contributed by atoms with Gasteiger partial charge in [-0.3, -0.25) is 4.90 Å². The normalized spacial score (nSPS) is 23.8. The number of fused-ring (bicyclic) bond motifs is 1. The number of nitrogens with two attached hydrogens (primary N) is 1. The van der Waals surface area contributed by atoms with Crippen LogP contribution in [-0.4, -0.2) is 45.7 Å². The molecule has 118 valence electrons. The van der Waals surface area contributed by atoms with Gasteiger partial charge >= 0.3 is 0 Å². The van der Waals surface area contributed by atoms with Crippen LogP contribution < -0.4 is 5.73 Å². The topological polar surface area (TPSA) is 75.3 Å². The first-order valence-corrected chi connectivity index (χ1v) is 7.96. The Balaban J connectivity index is 1.49. The van der Waals surface area contributed by atoms with Gasteiger partial charge in [-0.2, -0.15) is 0 Å². The Bertz CT molecular complexity index is 744. The van der Waals surface area contributed by atoms with Crippen molar-refractivity contribution in [2.75, 3.05) is 25.4 Å². The summed E-state index contributed by atoms with van der Waals surface area (Å²) in [5.41, 5.74) is 10.3. The summed E-state index contributed by atoms with van der Waals surface area (Å²) >= 11 is 0. The van der Waals surface area contributed by atoms with Crippen molar-refractivity contribution in [1.29, 1.82) is 0 Å². The molecule has 1 aromatic heterocycles. The van der Waals surface area contributed by atoms with Crippen molar-refractivity contribution in [2.24, 2.45) is 0 Å². The summed E-state index contributed by atoms with van der Waals surface area (Å²) in [7, 11) is 0. The molecular formula is C18H20N4O. The number of aliphatic hydroxyl groups excluding tert-OH is 1. The Hall–Kier alpha value is -2.24. The van der Waals surface area contributed by atoms with Crippen LogP contribution in [0, 0.1) is 0 Å². The van der Waals surface area contributed by atoms with Gasteiger partial charge in [-0.05, 0) is 17.6 Å². The number of aliphatic hydroxyl groups is 1. The molecule has 5 nitrogen and oxygen atoms in total. The molecule has 5 heteroatoms. The molecule has 1 aliphatic heterocycles. The molecule has 0 amide bonds. The minimum absolute atomic E-state index is 0.174. The van der Waals surface area contributed by atoms with E-state index in [0.717, 1.165) is 30.8 Å². The van der Waals surface area contributed by atoms with Crippen LogP contribution in [0.25, 0.3) is 5.57 Å². The fourth-order valence-electron chi connectivity index (χ4n) is 3.63. The SMILES string of the molecule is Nc1ncnc2c1CC=C2CN1C[C@H](c2ccccc2)[C@@H](O)C1. The van der Waals surface area contributed by atoms with E-state index in [9.17, 15) is 5.11 Å². The number of anilines is 1. The molecule has 1 saturated heterocycles. The summed E-state index contributed by atoms with van der Waals surface area (Å²) < 4.78 is 0. The number of allylic oxidation sites excluding steroid dienone is 1. The van der Waals surface area contributed by atoms with Crippen molar-refractivity contribution in [1.82, 2.24) is 14.9 Å². The lowest BCUT2D eigenvalue weighted by Crippen LogP contribution is -2.24. The van der Waals surface area contributed by atoms with E-state index in [-0.39, 0.29) is 12.0 Å². The highest BCUT2D eigenvalue weighted by Gasteiger charge is 2.33. The minimum atomic E-state index is -0.325. The second kappa shape index (κ2) is 5.76. The maximum Gasteiger partial charge on any atom is 0.130 e. The zero-order valence-electron chi connectivity index (χ0n) is 12.9. The maximum atomic E-state index is 10.4. The Labute approximate surface area is 135 Å². The van der Waals surface area contributed by atoms with E-state index in [1.54, 1.807) is 0 Å². The van der Waals surface area contributed by atoms with E-state index in [1.807, 2.05) is 18.2 Å². The van der Waals surface area contributed by atoms with Crippen LogP contribution >= 0.6 is 0 Å². The molecule has 3 N–H and O–H groups in total. The maximum absolute atomic E-state index is 10.4. The largest absolute Gasteiger partial charge is 0.391 e. The summed E-state index contributed by atoms with van der Waals surface area (Å²) in [6.07, 6.45) is 4.18. The highest BCUT2D eigenvalue weighted by molar-refractivity contribution is 5.74. The smallest absolute Gasteiger partial charge is 0.130 e. The third-order valence-corrected chi connectivity index (χ3v) is 4.82. The number of benzene rings is 1. The zero-order chi connectivity index (χ0) is 15.8. The van der Waals surface area contributed by atoms with Gasteiger partial charge in [0.05, 0.1) is 11.8 Å². The third kappa shape index (κ3) is 2.62. The number of hydrogen-bond donors (Lipinski definition) is 2. The lowest BCUT2D eigenvalue weighted by molar-refractivity contribution is 0.167. The van der Waals surface area contributed by atoms with Gasteiger partial charge in [-0.25, -0.2) is 9.97 Å². The lowest BCUT2D eigenvalue weighted by atomic mass is 9.96. The number of nitrogen functional groups attached to an aromatic ring is 1. The standard InChI is InChI=1S/C18H20N4O/c19-18-14-7-6-13(17(14)20-11-21-18)8-22-9-15(16(23)10-22)12-4-2-1-3-5-12/h1-6,11,15-16,23H,7-10H2,(H2,19,20,21)/t15-,16+/m1/s1. The van der Waals surface area contributed by atoms with Gasteiger partial charge in [-0.15, -0.1) is 0 Å². The third-order valence-electron chi connectivity index (χ3n) is 4.82. The fraction of sp³-hybridized carbons (Fsp3) is 0.333. The molecule has 23 heavy (non-hydrogen) atoms. The van der Waals surface area contributed by atoms with Crippen LogP contribution in [0.5, 0.6) is 0 Å². The molecule has 2 heterocycles. The molecule has 1 aliphatic carbocycles. The van der Waals surface area contributed by atoms with Crippen molar-refractivity contribution >= 4 is 11.4 Å². The van der Waals surface area contributed by atoms with Crippen LogP contribution in [0.15, 0.2) is 42.7 Å². The predicted octanol–water partition coefficient (Wildman–Crippen LogP) is 1.46. The van der Waals surface area contributed by atoms with Crippen LogP contribution in [0.3, 0.4) is 0 Å². The first-order chi connectivity index (χ1) is 11.2. The average molecular weight is 308 g/mol. The molecule has 2 aromatic rings. The number of aromatic nitrogens is 2. The molecule has 0 spiro atoms. The van der Waals surface area contributed by atoms with Gasteiger partial charge < -0.3 is 10.8 Å². The summed E-state index contributed by atoms with van der Waals surface area (Å²) in [5.74, 6) is 0.748. The highest BCUT2D eigenvalue weighted by atomic mass is 16.3. The molecule has 2 aliphatic rings. The van der Waals surface area contributed by atoms with E-state index in [0.29, 0.717) is 12.4 Å². The van der Waals surface area contributed by atoms with E-state index >= 15 is 0 Å². The number of hydrogen-bond acceptors (Lipinski definition) is 5. The van der Waals surface area contributed by atoms with E-state index < -0.39 is 0 Å². The Morgan fingerprint density at radius 3 is 2.83 bits per heavy atom. The highest BCUT2D eigenvalue weighted by Crippen LogP contribution is 2.32. The van der Waals surface area contributed by atoms with Gasteiger partial charge in [0.15, 0.2) is 0 Å². The number of nitrogens with zero attached hydrogens (tertiary/aromatic N) is 3. The molecule has 4 rings (SSSR count). The van der Waals surface area contributed by atoms with Crippen molar-refractivity contribution in [3.8, 4) is 0 Å². The lowest BCUT2D eigenvalue weighted by Gasteiger charge is -2.17. The second-order valence-corrected chi connectivity index (χ2v) is 6.30. The molecule has 2 atom stereocenters. The average Bonchev–Trinajstić information content (AvgIpc) is 3.14. The second-order valence-electron chi connectivity index (χ2n) is 6.30. The zero-order valence-corrected chi connectivity index (χ0v) is 12.9. The van der Waals surface area contributed by atoms with Gasteiger partial charge in [0.25, 0.3) is 0 Å². The molecular weight excluding hydrogens is 288 g/mol. The minimum Gasteiger partial charge on any atom is -0.391 e. The predicted molar refractivity (Wildman–Crippen MR) is 89.8 cm³/mol. The number of β-amino-alcohol motifs (C(OH)–C–C–N with tert-alkyl or cyclic N) is 1. The van der Waals surface area contributed by atoms with Crippen molar-refractivity contribution < 1.29 is 5.11 Å². The Morgan fingerprint density at radius 1 is 1.17 bits per heavy atom. The van der Waals surface area contributed by atoms with Crippen LogP contribution in [0.4, 0.5) is 5.82 Å². The van der Waals surface area contributed by atoms with Gasteiger partial charge in [0.2, 0.25) is 0 Å². The summed E-state index contributed by atoms with van der Waals surface area (Å²) in [6.45, 7) is 2.34. The monoisotopic (exact) mass is 308 g/mol. The fourth-order valence-corrected chi connectivity index (χ4v) is 3.63. The van der Waals surface area contributed by atoms with Crippen molar-refractivity contribution in [3.05, 3.63) is 59.6 Å². The Kier molecular flexibility index (Phi) is 3.59. The van der Waals surface area contributed by atoms with Gasteiger partial charge in [0, 0.05) is 31.1 Å². The van der Waals surface area contributed by atoms with E-state index in [2.05, 4.69) is 33.1 Å². The molecule has 0 radical (unpaired) electrons. The number of likely N-dealkylation sites (tertiary alicyclic amines) is 1. The van der Waals surface area contributed by atoms with Crippen LogP contribution in [-0.2, 0) is 6.42 Å². The quantitative estimate of drug-likeness (QED) is 0.898. The molecule has 0 saturated carbocycles. The summed E-state index contributed by atoms with van der Waals surface area (Å²) in [5, 5.41) is 10.4. The first kappa shape index (κ1) is 14.4. The van der Waals surface area contributed by atoms with Gasteiger partial charge in [0.1, 0.15) is 12.1 Å².